The monoisotopic (exact) mass is 603 g/mol. The number of imidazole rings is 1. The van der Waals surface area contributed by atoms with Crippen molar-refractivity contribution < 1.29 is 14.3 Å². The van der Waals surface area contributed by atoms with E-state index in [0.29, 0.717) is 44.3 Å². The summed E-state index contributed by atoms with van der Waals surface area (Å²) in [5.41, 5.74) is 3.44. The molecular weight excluding hydrogens is 573 g/mol. The van der Waals surface area contributed by atoms with Crippen LogP contribution < -0.4 is 15.0 Å². The van der Waals surface area contributed by atoms with E-state index in [9.17, 15) is 9.59 Å². The molecule has 0 radical (unpaired) electrons. The largest absolute Gasteiger partial charge is 0.496 e. The minimum absolute atomic E-state index is 0.170. The van der Waals surface area contributed by atoms with Gasteiger partial charge in [-0.3, -0.25) is 14.5 Å². The van der Waals surface area contributed by atoms with E-state index in [2.05, 4.69) is 10.2 Å². The third-order valence-electron chi connectivity index (χ3n) is 7.88. The summed E-state index contributed by atoms with van der Waals surface area (Å²) in [4.78, 5) is 37.5. The maximum Gasteiger partial charge on any atom is 0.280 e. The van der Waals surface area contributed by atoms with E-state index in [1.165, 1.54) is 0 Å². The lowest BCUT2D eigenvalue weighted by molar-refractivity contribution is -0.119. The van der Waals surface area contributed by atoms with Crippen molar-refractivity contribution in [2.75, 3.05) is 31.4 Å². The van der Waals surface area contributed by atoms with Crippen molar-refractivity contribution in [3.8, 4) is 17.1 Å². The predicted octanol–water partition coefficient (Wildman–Crippen LogP) is 6.67. The number of nitrogens with one attached hydrogen (secondary N) is 1. The standard InChI is InChI=1S/C32H31Cl2N5O3/c1-17(2)38-28-27(36-29(38)22-11-8-19(16-37(4)5)13-26(22)42-6)30(40)39(25-15-21(34)9-7-18(25)3)32(28)23-12-10-20(33)14-24(23)35-31(32)41/h7-15,17H,16H2,1-6H3,(H,35,41)/t32-/m1/s1. The van der Waals surface area contributed by atoms with Gasteiger partial charge in [0, 0.05) is 33.9 Å². The maximum absolute atomic E-state index is 14.6. The molecule has 1 aromatic heterocycles. The molecule has 3 heterocycles. The third kappa shape index (κ3) is 4.04. The summed E-state index contributed by atoms with van der Waals surface area (Å²) < 4.78 is 7.82. The number of aryl methyl sites for hydroxylation is 1. The van der Waals surface area contributed by atoms with E-state index in [0.717, 1.165) is 23.2 Å². The Balaban J connectivity index is 1.68. The molecule has 2 aliphatic rings. The molecule has 0 aliphatic carbocycles. The van der Waals surface area contributed by atoms with Crippen LogP contribution in [0.1, 0.15) is 52.8 Å². The number of carbonyl (C=O) groups excluding carboxylic acids is 2. The van der Waals surface area contributed by atoms with Gasteiger partial charge in [-0.2, -0.15) is 0 Å². The van der Waals surface area contributed by atoms with Crippen molar-refractivity contribution in [1.82, 2.24) is 14.5 Å². The van der Waals surface area contributed by atoms with Gasteiger partial charge < -0.3 is 19.5 Å². The van der Waals surface area contributed by atoms with Crippen LogP contribution in [0.4, 0.5) is 11.4 Å². The second-order valence-electron chi connectivity index (χ2n) is 11.3. The molecule has 42 heavy (non-hydrogen) atoms. The fraction of sp³-hybridized carbons (Fsp3) is 0.281. The SMILES string of the molecule is COc1cc(CN(C)C)ccc1-c1nc2c(n1C(C)C)[C@]1(C(=O)Nc3cc(Cl)ccc31)N(c1cc(Cl)ccc1C)C2=O. The van der Waals surface area contributed by atoms with E-state index in [-0.39, 0.29) is 17.6 Å². The molecule has 2 amide bonds. The molecule has 6 rings (SSSR count). The highest BCUT2D eigenvalue weighted by molar-refractivity contribution is 6.32. The van der Waals surface area contributed by atoms with Crippen molar-refractivity contribution in [3.63, 3.8) is 0 Å². The van der Waals surface area contributed by atoms with Crippen LogP contribution in [-0.4, -0.2) is 47.5 Å². The second kappa shape index (κ2) is 10.2. The van der Waals surface area contributed by atoms with Crippen molar-refractivity contribution in [2.24, 2.45) is 0 Å². The molecule has 4 aromatic rings. The Morgan fingerprint density at radius 3 is 2.43 bits per heavy atom. The third-order valence-corrected chi connectivity index (χ3v) is 8.35. The first kappa shape index (κ1) is 28.3. The van der Waals surface area contributed by atoms with Gasteiger partial charge in [0.15, 0.2) is 11.2 Å². The lowest BCUT2D eigenvalue weighted by Crippen LogP contribution is -2.51. The predicted molar refractivity (Wildman–Crippen MR) is 166 cm³/mol. The number of amides is 2. The fourth-order valence-corrected chi connectivity index (χ4v) is 6.55. The molecule has 1 N–H and O–H groups in total. The number of ether oxygens (including phenoxy) is 1. The summed E-state index contributed by atoms with van der Waals surface area (Å²) >= 11 is 12.8. The first-order valence-electron chi connectivity index (χ1n) is 13.7. The average Bonchev–Trinajstić information content (AvgIpc) is 3.53. The number of fused-ring (bicyclic) bond motifs is 4. The van der Waals surface area contributed by atoms with Crippen molar-refractivity contribution >= 4 is 46.4 Å². The first-order valence-corrected chi connectivity index (χ1v) is 14.4. The summed E-state index contributed by atoms with van der Waals surface area (Å²) in [7, 11) is 5.63. The van der Waals surface area contributed by atoms with Crippen LogP contribution in [-0.2, 0) is 16.9 Å². The molecular formula is C32H31Cl2N5O3. The highest BCUT2D eigenvalue weighted by atomic mass is 35.5. The van der Waals surface area contributed by atoms with E-state index in [4.69, 9.17) is 32.9 Å². The van der Waals surface area contributed by atoms with Crippen molar-refractivity contribution in [3.05, 3.63) is 92.7 Å². The van der Waals surface area contributed by atoms with Crippen molar-refractivity contribution in [2.45, 2.75) is 38.9 Å². The van der Waals surface area contributed by atoms with Gasteiger partial charge >= 0.3 is 0 Å². The lowest BCUT2D eigenvalue weighted by Gasteiger charge is -2.36. The van der Waals surface area contributed by atoms with E-state index < -0.39 is 11.4 Å². The van der Waals surface area contributed by atoms with Crippen LogP contribution in [0.5, 0.6) is 5.75 Å². The highest BCUT2D eigenvalue weighted by Gasteiger charge is 2.64. The average molecular weight is 605 g/mol. The maximum atomic E-state index is 14.6. The molecule has 0 fully saturated rings. The number of carbonyl (C=O) groups is 2. The van der Waals surface area contributed by atoms with E-state index >= 15 is 0 Å². The molecule has 216 valence electrons. The quantitative estimate of drug-likeness (QED) is 0.266. The zero-order chi connectivity index (χ0) is 30.1. The number of rotatable bonds is 6. The topological polar surface area (TPSA) is 79.7 Å². The Labute approximate surface area is 254 Å². The molecule has 0 saturated heterocycles. The number of anilines is 2. The highest BCUT2D eigenvalue weighted by Crippen LogP contribution is 2.55. The number of aromatic nitrogens is 2. The van der Waals surface area contributed by atoms with Gasteiger partial charge in [-0.05, 0) is 82.4 Å². The molecule has 3 aromatic carbocycles. The molecule has 0 unspecified atom stereocenters. The minimum Gasteiger partial charge on any atom is -0.496 e. The Morgan fingerprint density at radius 2 is 1.74 bits per heavy atom. The summed E-state index contributed by atoms with van der Waals surface area (Å²) in [6.45, 7) is 6.65. The zero-order valence-corrected chi connectivity index (χ0v) is 25.8. The van der Waals surface area contributed by atoms with Gasteiger partial charge in [0.1, 0.15) is 11.6 Å². The first-order chi connectivity index (χ1) is 20.0. The lowest BCUT2D eigenvalue weighted by atomic mass is 9.86. The van der Waals surface area contributed by atoms with Gasteiger partial charge in [-0.25, -0.2) is 4.98 Å². The summed E-state index contributed by atoms with van der Waals surface area (Å²) in [5, 5.41) is 3.93. The Bertz CT molecular complexity index is 1780. The van der Waals surface area contributed by atoms with Crippen LogP contribution in [0.25, 0.3) is 11.4 Å². The van der Waals surface area contributed by atoms with Crippen molar-refractivity contribution in [1.29, 1.82) is 0 Å². The normalized spacial score (nSPS) is 17.4. The van der Waals surface area contributed by atoms with Crippen LogP contribution in [0.3, 0.4) is 0 Å². The number of nitrogens with zero attached hydrogens (tertiary/aromatic N) is 4. The smallest absolute Gasteiger partial charge is 0.280 e. The number of benzene rings is 3. The minimum atomic E-state index is -1.55. The fourth-order valence-electron chi connectivity index (χ4n) is 6.21. The van der Waals surface area contributed by atoms with Crippen LogP contribution in [0.15, 0.2) is 54.6 Å². The number of hydrogen-bond donors (Lipinski definition) is 1. The Hall–Kier alpha value is -3.85. The molecule has 1 spiro atoms. The Morgan fingerprint density at radius 1 is 1.02 bits per heavy atom. The van der Waals surface area contributed by atoms with Gasteiger partial charge in [0.05, 0.1) is 24.1 Å². The van der Waals surface area contributed by atoms with Crippen LogP contribution in [0.2, 0.25) is 10.0 Å². The molecule has 0 bridgehead atoms. The van der Waals surface area contributed by atoms with Gasteiger partial charge in [-0.15, -0.1) is 0 Å². The molecule has 8 nitrogen and oxygen atoms in total. The number of hydrogen-bond acceptors (Lipinski definition) is 5. The van der Waals surface area contributed by atoms with Gasteiger partial charge in [0.25, 0.3) is 11.8 Å². The molecule has 0 saturated carbocycles. The summed E-state index contributed by atoms with van der Waals surface area (Å²) in [6.07, 6.45) is 0. The Kier molecular flexibility index (Phi) is 6.84. The molecule has 2 aliphatic heterocycles. The van der Waals surface area contributed by atoms with Crippen LogP contribution >= 0.6 is 23.2 Å². The number of methoxy groups -OCH3 is 1. The van der Waals surface area contributed by atoms with Gasteiger partial charge in [-0.1, -0.05) is 41.4 Å². The molecule has 1 atom stereocenters. The zero-order valence-electron chi connectivity index (χ0n) is 24.3. The van der Waals surface area contributed by atoms with E-state index in [1.807, 2.05) is 63.7 Å². The van der Waals surface area contributed by atoms with E-state index in [1.54, 1.807) is 42.3 Å². The number of halogens is 2. The summed E-state index contributed by atoms with van der Waals surface area (Å²) in [5.74, 6) is 0.422. The second-order valence-corrected chi connectivity index (χ2v) is 12.2. The van der Waals surface area contributed by atoms with Gasteiger partial charge in [0.2, 0.25) is 0 Å². The van der Waals surface area contributed by atoms with Crippen LogP contribution in [0, 0.1) is 6.92 Å². The molecule has 10 heteroatoms. The summed E-state index contributed by atoms with van der Waals surface area (Å²) in [6, 6.07) is 16.4.